The van der Waals surface area contributed by atoms with Gasteiger partial charge in [0.1, 0.15) is 11.5 Å². The zero-order chi connectivity index (χ0) is 20.9. The first kappa shape index (κ1) is 20.2. The predicted octanol–water partition coefficient (Wildman–Crippen LogP) is 4.11. The Labute approximate surface area is 181 Å². The summed E-state index contributed by atoms with van der Waals surface area (Å²) in [6, 6.07) is 16.8. The molecule has 2 aromatic carbocycles. The molecule has 4 rings (SSSR count). The predicted molar refractivity (Wildman–Crippen MR) is 117 cm³/mol. The van der Waals surface area contributed by atoms with Gasteiger partial charge in [-0.25, -0.2) is 4.79 Å². The Morgan fingerprint density at radius 3 is 2.60 bits per heavy atom. The van der Waals surface area contributed by atoms with Crippen LogP contribution in [0.4, 0.5) is 15.6 Å². The molecule has 154 valence electrons. The van der Waals surface area contributed by atoms with Gasteiger partial charge in [0.05, 0.1) is 5.25 Å². The van der Waals surface area contributed by atoms with E-state index in [-0.39, 0.29) is 11.9 Å². The van der Waals surface area contributed by atoms with Crippen molar-refractivity contribution in [3.05, 3.63) is 54.6 Å². The molecule has 2 heterocycles. The fourth-order valence-corrected chi connectivity index (χ4v) is 4.74. The van der Waals surface area contributed by atoms with E-state index in [1.807, 2.05) is 54.6 Å². The molecule has 0 unspecified atom stereocenters. The molecule has 1 saturated heterocycles. The van der Waals surface area contributed by atoms with Crippen LogP contribution in [0.2, 0.25) is 0 Å². The summed E-state index contributed by atoms with van der Waals surface area (Å²) in [6.45, 7) is 2.65. The average Bonchev–Trinajstić information content (AvgIpc) is 3.38. The molecule has 0 bridgehead atoms. The number of imide groups is 1. The first-order valence-corrected chi connectivity index (χ1v) is 11.0. The summed E-state index contributed by atoms with van der Waals surface area (Å²) >= 11 is 2.64. The third-order valence-electron chi connectivity index (χ3n) is 4.24. The molecule has 10 heteroatoms. The molecule has 8 nitrogen and oxygen atoms in total. The van der Waals surface area contributed by atoms with Crippen LogP contribution in [-0.4, -0.2) is 45.4 Å². The van der Waals surface area contributed by atoms with Crippen molar-refractivity contribution in [3.8, 4) is 11.5 Å². The highest BCUT2D eigenvalue weighted by Gasteiger charge is 2.30. The molecule has 1 aliphatic heterocycles. The second-order valence-corrected chi connectivity index (χ2v) is 8.98. The lowest BCUT2D eigenvalue weighted by molar-refractivity contribution is -0.126. The fraction of sp³-hybridized carbons (Fsp3) is 0.200. The van der Waals surface area contributed by atoms with E-state index in [0.29, 0.717) is 22.6 Å². The zero-order valence-electron chi connectivity index (χ0n) is 16.1. The van der Waals surface area contributed by atoms with Crippen LogP contribution in [0.3, 0.4) is 0 Å². The number of para-hydroxylation sites is 1. The molecule has 3 amide bonds. The first-order chi connectivity index (χ1) is 14.6. The number of benzene rings is 2. The smallest absolute Gasteiger partial charge is 0.324 e. The van der Waals surface area contributed by atoms with E-state index in [9.17, 15) is 9.59 Å². The minimum Gasteiger partial charge on any atom is -0.457 e. The summed E-state index contributed by atoms with van der Waals surface area (Å²) in [5.41, 5.74) is 0.848. The normalized spacial score (nSPS) is 14.3. The van der Waals surface area contributed by atoms with E-state index in [1.54, 1.807) is 6.92 Å². The molecule has 1 fully saturated rings. The van der Waals surface area contributed by atoms with Crippen molar-refractivity contribution in [2.75, 3.05) is 18.4 Å². The zero-order valence-corrected chi connectivity index (χ0v) is 17.7. The third kappa shape index (κ3) is 4.89. The lowest BCUT2D eigenvalue weighted by Crippen LogP contribution is -2.38. The lowest BCUT2D eigenvalue weighted by atomic mass is 10.3. The number of aromatic nitrogens is 2. The highest BCUT2D eigenvalue weighted by atomic mass is 32.2. The summed E-state index contributed by atoms with van der Waals surface area (Å²) in [6.07, 6.45) is 0. The average molecular weight is 442 g/mol. The van der Waals surface area contributed by atoms with Crippen LogP contribution in [-0.2, 0) is 4.79 Å². The number of nitrogens with zero attached hydrogens (tertiary/aromatic N) is 3. The van der Waals surface area contributed by atoms with Gasteiger partial charge in [-0.15, -0.1) is 10.2 Å². The van der Waals surface area contributed by atoms with Crippen LogP contribution in [0.1, 0.15) is 6.92 Å². The largest absolute Gasteiger partial charge is 0.457 e. The maximum Gasteiger partial charge on any atom is 0.324 e. The van der Waals surface area contributed by atoms with Crippen molar-refractivity contribution in [2.45, 2.75) is 16.5 Å². The number of ether oxygens (including phenoxy) is 1. The number of amides is 3. The van der Waals surface area contributed by atoms with Gasteiger partial charge in [0.25, 0.3) is 0 Å². The van der Waals surface area contributed by atoms with E-state index < -0.39 is 5.25 Å². The van der Waals surface area contributed by atoms with Crippen LogP contribution < -0.4 is 15.4 Å². The number of urea groups is 1. The standard InChI is InChI=1S/C20H19N5O3S2/c1-13(17(26)25-12-11-21-19(25)27)29-20-24-23-18(30-20)22-14-7-9-16(10-8-14)28-15-5-3-2-4-6-15/h2-10,13H,11-12H2,1H3,(H,21,27)(H,22,23)/t13-/m1/s1. The van der Waals surface area contributed by atoms with Crippen LogP contribution in [0.25, 0.3) is 0 Å². The molecular formula is C20H19N5O3S2. The molecule has 2 N–H and O–H groups in total. The Balaban J connectivity index is 1.33. The molecule has 0 aliphatic carbocycles. The highest BCUT2D eigenvalue weighted by molar-refractivity contribution is 8.02. The van der Waals surface area contributed by atoms with Gasteiger partial charge in [-0.2, -0.15) is 0 Å². The third-order valence-corrected chi connectivity index (χ3v) is 6.25. The number of hydrogen-bond acceptors (Lipinski definition) is 8. The number of hydrogen-bond donors (Lipinski definition) is 2. The molecule has 0 saturated carbocycles. The molecule has 30 heavy (non-hydrogen) atoms. The Bertz CT molecular complexity index is 1030. The summed E-state index contributed by atoms with van der Waals surface area (Å²) in [7, 11) is 0. The topological polar surface area (TPSA) is 96.5 Å². The Kier molecular flexibility index (Phi) is 6.15. The number of carbonyl (C=O) groups is 2. The van der Waals surface area contributed by atoms with Crippen LogP contribution in [0.15, 0.2) is 58.9 Å². The van der Waals surface area contributed by atoms with Crippen molar-refractivity contribution in [3.63, 3.8) is 0 Å². The number of rotatable bonds is 7. The lowest BCUT2D eigenvalue weighted by Gasteiger charge is -2.16. The van der Waals surface area contributed by atoms with Gasteiger partial charge in [0.2, 0.25) is 11.0 Å². The van der Waals surface area contributed by atoms with E-state index in [1.165, 1.54) is 28.0 Å². The van der Waals surface area contributed by atoms with Crippen LogP contribution in [0.5, 0.6) is 11.5 Å². The van der Waals surface area contributed by atoms with E-state index in [4.69, 9.17) is 4.74 Å². The molecule has 1 atom stereocenters. The summed E-state index contributed by atoms with van der Waals surface area (Å²) in [4.78, 5) is 25.3. The van der Waals surface area contributed by atoms with Crippen LogP contribution in [0, 0.1) is 0 Å². The Morgan fingerprint density at radius 1 is 1.17 bits per heavy atom. The number of anilines is 2. The second-order valence-electron chi connectivity index (χ2n) is 6.42. The van der Waals surface area contributed by atoms with Gasteiger partial charge in [-0.3, -0.25) is 9.69 Å². The molecule has 0 radical (unpaired) electrons. The van der Waals surface area contributed by atoms with Crippen molar-refractivity contribution >= 4 is 45.9 Å². The monoisotopic (exact) mass is 441 g/mol. The van der Waals surface area contributed by atoms with Gasteiger partial charge < -0.3 is 15.4 Å². The maximum atomic E-state index is 12.4. The van der Waals surface area contributed by atoms with Crippen molar-refractivity contribution < 1.29 is 14.3 Å². The molecular weight excluding hydrogens is 422 g/mol. The maximum absolute atomic E-state index is 12.4. The Hall–Kier alpha value is -3.11. The van der Waals surface area contributed by atoms with Crippen molar-refractivity contribution in [2.24, 2.45) is 0 Å². The summed E-state index contributed by atoms with van der Waals surface area (Å²) < 4.78 is 6.44. The fourth-order valence-electron chi connectivity index (χ4n) is 2.77. The molecule has 1 aromatic heterocycles. The van der Waals surface area contributed by atoms with Crippen molar-refractivity contribution in [1.29, 1.82) is 0 Å². The Morgan fingerprint density at radius 2 is 1.90 bits per heavy atom. The quantitative estimate of drug-likeness (QED) is 0.533. The molecule has 0 spiro atoms. The SMILES string of the molecule is C[C@@H](Sc1nnc(Nc2ccc(Oc3ccccc3)cc2)s1)C(=O)N1CCNC1=O. The summed E-state index contributed by atoms with van der Waals surface area (Å²) in [5.74, 6) is 1.28. The van der Waals surface area contributed by atoms with E-state index in [2.05, 4.69) is 20.8 Å². The number of nitrogens with one attached hydrogen (secondary N) is 2. The first-order valence-electron chi connectivity index (χ1n) is 9.28. The van der Waals surface area contributed by atoms with Gasteiger partial charge in [-0.1, -0.05) is 41.3 Å². The molecule has 3 aromatic rings. The van der Waals surface area contributed by atoms with Gasteiger partial charge >= 0.3 is 6.03 Å². The minimum absolute atomic E-state index is 0.228. The van der Waals surface area contributed by atoms with E-state index >= 15 is 0 Å². The minimum atomic E-state index is -0.427. The number of carbonyl (C=O) groups excluding carboxylic acids is 2. The van der Waals surface area contributed by atoms with Gasteiger partial charge in [-0.05, 0) is 43.3 Å². The summed E-state index contributed by atoms with van der Waals surface area (Å²) in [5, 5.41) is 14.3. The molecule has 1 aliphatic rings. The highest BCUT2D eigenvalue weighted by Crippen LogP contribution is 2.32. The van der Waals surface area contributed by atoms with Gasteiger partial charge in [0.15, 0.2) is 4.34 Å². The van der Waals surface area contributed by atoms with E-state index in [0.717, 1.165) is 17.2 Å². The van der Waals surface area contributed by atoms with Crippen molar-refractivity contribution in [1.82, 2.24) is 20.4 Å². The van der Waals surface area contributed by atoms with Crippen LogP contribution >= 0.6 is 23.1 Å². The second kappa shape index (κ2) is 9.14. The number of thioether (sulfide) groups is 1. The van der Waals surface area contributed by atoms with Gasteiger partial charge in [0, 0.05) is 18.8 Å².